The normalized spacial score (nSPS) is 12.1. The molecule has 1 N–H and O–H groups in total. The molecule has 132 valence electrons. The predicted molar refractivity (Wildman–Crippen MR) is 90.8 cm³/mol. The molecule has 0 saturated carbocycles. The first-order chi connectivity index (χ1) is 11.6. The zero-order valence-electron chi connectivity index (χ0n) is 14.5. The highest BCUT2D eigenvalue weighted by Crippen LogP contribution is 2.32. The molecule has 1 aliphatic rings. The number of hydrogen-bond donors (Lipinski definition) is 1. The highest BCUT2D eigenvalue weighted by atomic mass is 16.7. The van der Waals surface area contributed by atoms with Crippen LogP contribution in [0.15, 0.2) is 18.2 Å². The van der Waals surface area contributed by atoms with Crippen molar-refractivity contribution in [1.29, 1.82) is 0 Å². The predicted octanol–water partition coefficient (Wildman–Crippen LogP) is 2.46. The first-order valence-electron chi connectivity index (χ1n) is 8.51. The van der Waals surface area contributed by atoms with E-state index in [-0.39, 0.29) is 18.6 Å². The zero-order valence-corrected chi connectivity index (χ0v) is 14.5. The maximum absolute atomic E-state index is 12.0. The van der Waals surface area contributed by atoms with Crippen LogP contribution in [0.4, 0.5) is 0 Å². The molecule has 1 aromatic carbocycles. The van der Waals surface area contributed by atoms with Crippen LogP contribution in [0.5, 0.6) is 11.5 Å². The molecule has 0 unspecified atom stereocenters. The number of carbonyl (C=O) groups is 2. The number of ether oxygens (including phenoxy) is 2. The fraction of sp³-hybridized carbons (Fsp3) is 0.556. The van der Waals surface area contributed by atoms with Crippen molar-refractivity contribution in [3.8, 4) is 11.5 Å². The number of hydrogen-bond acceptors (Lipinski definition) is 4. The van der Waals surface area contributed by atoms with Crippen molar-refractivity contribution in [2.45, 2.75) is 46.1 Å². The van der Waals surface area contributed by atoms with Gasteiger partial charge in [-0.3, -0.25) is 9.59 Å². The lowest BCUT2D eigenvalue weighted by Crippen LogP contribution is -2.34. The molecule has 6 nitrogen and oxygen atoms in total. The molecule has 1 heterocycles. The van der Waals surface area contributed by atoms with Crippen LogP contribution in [0.25, 0.3) is 0 Å². The summed E-state index contributed by atoms with van der Waals surface area (Å²) in [7, 11) is 0. The highest BCUT2D eigenvalue weighted by Gasteiger charge is 2.14. The minimum Gasteiger partial charge on any atom is -0.454 e. The second-order valence-corrected chi connectivity index (χ2v) is 5.93. The van der Waals surface area contributed by atoms with E-state index in [0.29, 0.717) is 25.3 Å². The van der Waals surface area contributed by atoms with E-state index < -0.39 is 0 Å². The Bertz CT molecular complexity index is 574. The molecule has 2 amide bonds. The van der Waals surface area contributed by atoms with Gasteiger partial charge in [0.25, 0.3) is 0 Å². The topological polar surface area (TPSA) is 67.9 Å². The molecule has 0 fully saturated rings. The van der Waals surface area contributed by atoms with Gasteiger partial charge in [-0.1, -0.05) is 25.8 Å². The van der Waals surface area contributed by atoms with Crippen LogP contribution in [-0.4, -0.2) is 36.6 Å². The summed E-state index contributed by atoms with van der Waals surface area (Å²) in [4.78, 5) is 25.4. The van der Waals surface area contributed by atoms with Gasteiger partial charge in [-0.15, -0.1) is 0 Å². The van der Waals surface area contributed by atoms with E-state index in [1.807, 2.05) is 18.2 Å². The molecule has 0 aliphatic carbocycles. The zero-order chi connectivity index (χ0) is 17.4. The second-order valence-electron chi connectivity index (χ2n) is 5.93. The molecule has 0 aromatic heterocycles. The summed E-state index contributed by atoms with van der Waals surface area (Å²) in [5, 5.41) is 2.88. The monoisotopic (exact) mass is 334 g/mol. The Kier molecular flexibility index (Phi) is 6.90. The summed E-state index contributed by atoms with van der Waals surface area (Å²) < 4.78 is 10.6. The van der Waals surface area contributed by atoms with Crippen molar-refractivity contribution in [3.63, 3.8) is 0 Å². The van der Waals surface area contributed by atoms with Crippen molar-refractivity contribution >= 4 is 11.8 Å². The van der Waals surface area contributed by atoms with Gasteiger partial charge >= 0.3 is 0 Å². The van der Waals surface area contributed by atoms with Crippen LogP contribution in [-0.2, 0) is 16.1 Å². The molecule has 0 saturated heterocycles. The third-order valence-corrected chi connectivity index (χ3v) is 4.01. The van der Waals surface area contributed by atoms with Crippen molar-refractivity contribution < 1.29 is 19.1 Å². The minimum atomic E-state index is -0.0607. The van der Waals surface area contributed by atoms with E-state index in [4.69, 9.17) is 9.47 Å². The van der Waals surface area contributed by atoms with E-state index in [9.17, 15) is 9.59 Å². The smallest absolute Gasteiger partial charge is 0.231 e. The molecule has 24 heavy (non-hydrogen) atoms. The van der Waals surface area contributed by atoms with E-state index in [1.54, 1.807) is 11.8 Å². The first-order valence-corrected chi connectivity index (χ1v) is 8.51. The quantitative estimate of drug-likeness (QED) is 0.705. The van der Waals surface area contributed by atoms with Gasteiger partial charge in [-0.05, 0) is 24.1 Å². The average Bonchev–Trinajstić information content (AvgIpc) is 3.03. The number of nitrogens with one attached hydrogen (secondary N) is 1. The van der Waals surface area contributed by atoms with E-state index in [1.165, 1.54) is 0 Å². The largest absolute Gasteiger partial charge is 0.454 e. The number of fused-ring (bicyclic) bond motifs is 1. The lowest BCUT2D eigenvalue weighted by Gasteiger charge is -2.20. The van der Waals surface area contributed by atoms with Crippen LogP contribution in [0.3, 0.4) is 0 Å². The summed E-state index contributed by atoms with van der Waals surface area (Å²) in [6.45, 7) is 5.54. The van der Waals surface area contributed by atoms with Gasteiger partial charge in [0.1, 0.15) is 0 Å². The maximum atomic E-state index is 12.0. The number of amides is 2. The summed E-state index contributed by atoms with van der Waals surface area (Å²) in [5.74, 6) is 1.40. The van der Waals surface area contributed by atoms with Gasteiger partial charge in [0.15, 0.2) is 11.5 Å². The number of benzene rings is 1. The van der Waals surface area contributed by atoms with Gasteiger partial charge in [0.05, 0.1) is 0 Å². The van der Waals surface area contributed by atoms with Crippen LogP contribution < -0.4 is 14.8 Å². The van der Waals surface area contributed by atoms with Crippen LogP contribution >= 0.6 is 0 Å². The van der Waals surface area contributed by atoms with Crippen LogP contribution in [0, 0.1) is 0 Å². The van der Waals surface area contributed by atoms with Crippen molar-refractivity contribution in [2.75, 3.05) is 19.9 Å². The number of unbranched alkanes of at least 4 members (excludes halogenated alkanes) is 2. The molecule has 2 rings (SSSR count). The second kappa shape index (κ2) is 9.15. The third-order valence-electron chi connectivity index (χ3n) is 4.01. The summed E-state index contributed by atoms with van der Waals surface area (Å²) in [6, 6.07) is 5.62. The Labute approximate surface area is 143 Å². The van der Waals surface area contributed by atoms with Gasteiger partial charge in [0, 0.05) is 33.0 Å². The first kappa shape index (κ1) is 18.1. The summed E-state index contributed by atoms with van der Waals surface area (Å²) in [6.07, 6.45) is 3.51. The highest BCUT2D eigenvalue weighted by molar-refractivity contribution is 5.78. The molecule has 0 radical (unpaired) electrons. The van der Waals surface area contributed by atoms with E-state index >= 15 is 0 Å². The lowest BCUT2D eigenvalue weighted by molar-refractivity contribution is -0.129. The molecule has 6 heteroatoms. The molecule has 1 aliphatic heterocycles. The fourth-order valence-corrected chi connectivity index (χ4v) is 2.56. The van der Waals surface area contributed by atoms with E-state index in [2.05, 4.69) is 12.2 Å². The molecular formula is C18H26N2O4. The van der Waals surface area contributed by atoms with Gasteiger partial charge in [0.2, 0.25) is 18.6 Å². The molecule has 0 bridgehead atoms. The molecule has 1 aromatic rings. The van der Waals surface area contributed by atoms with Gasteiger partial charge in [-0.25, -0.2) is 0 Å². The Hall–Kier alpha value is -2.24. The third kappa shape index (κ3) is 5.44. The van der Waals surface area contributed by atoms with Gasteiger partial charge < -0.3 is 19.7 Å². The molecule has 0 spiro atoms. The Morgan fingerprint density at radius 1 is 1.17 bits per heavy atom. The van der Waals surface area contributed by atoms with Crippen molar-refractivity contribution in [2.24, 2.45) is 0 Å². The SMILES string of the molecule is CCCCCN(CCC(=O)NCc1ccc2c(c1)OCO2)C(C)=O. The van der Waals surface area contributed by atoms with Gasteiger partial charge in [-0.2, -0.15) is 0 Å². The van der Waals surface area contributed by atoms with E-state index in [0.717, 1.165) is 37.1 Å². The Balaban J connectivity index is 1.73. The number of carbonyl (C=O) groups excluding carboxylic acids is 2. The van der Waals surface area contributed by atoms with Crippen LogP contribution in [0.1, 0.15) is 45.1 Å². The standard InChI is InChI=1S/C18H26N2O4/c1-3-4-5-9-20(14(2)21)10-8-18(22)19-12-15-6-7-16-17(11-15)24-13-23-16/h6-7,11H,3-5,8-10,12-13H2,1-2H3,(H,19,22). The summed E-state index contributed by atoms with van der Waals surface area (Å²) >= 11 is 0. The summed E-state index contributed by atoms with van der Waals surface area (Å²) in [5.41, 5.74) is 0.957. The Morgan fingerprint density at radius 2 is 1.96 bits per heavy atom. The lowest BCUT2D eigenvalue weighted by atomic mass is 10.2. The average molecular weight is 334 g/mol. The van der Waals surface area contributed by atoms with Crippen molar-refractivity contribution in [3.05, 3.63) is 23.8 Å². The number of nitrogens with zero attached hydrogens (tertiary/aromatic N) is 1. The fourth-order valence-electron chi connectivity index (χ4n) is 2.56. The minimum absolute atomic E-state index is 0.0228. The number of rotatable bonds is 9. The molecule has 0 atom stereocenters. The Morgan fingerprint density at radius 3 is 2.71 bits per heavy atom. The molecular weight excluding hydrogens is 308 g/mol. The van der Waals surface area contributed by atoms with Crippen molar-refractivity contribution in [1.82, 2.24) is 10.2 Å². The maximum Gasteiger partial charge on any atom is 0.231 e. The van der Waals surface area contributed by atoms with Crippen LogP contribution in [0.2, 0.25) is 0 Å².